The summed E-state index contributed by atoms with van der Waals surface area (Å²) in [5.41, 5.74) is 0. The molecule has 1 saturated carbocycles. The molecule has 0 saturated heterocycles. The van der Waals surface area contributed by atoms with Gasteiger partial charge in [-0.3, -0.25) is 0 Å². The maximum atomic E-state index is 11.7. The van der Waals surface area contributed by atoms with Crippen LogP contribution >= 0.6 is 0 Å². The van der Waals surface area contributed by atoms with Crippen LogP contribution in [-0.4, -0.2) is 33.0 Å². The molecule has 2 atom stereocenters. The minimum atomic E-state index is -4.19. The van der Waals surface area contributed by atoms with Crippen LogP contribution in [0.1, 0.15) is 25.7 Å². The average Bonchev–Trinajstić information content (AvgIpc) is 2.16. The van der Waals surface area contributed by atoms with Gasteiger partial charge in [0, 0.05) is 6.61 Å². The third kappa shape index (κ3) is 5.16. The SMILES string of the molecule is CNCC1CCC1CCCOCC(F)(F)F. The van der Waals surface area contributed by atoms with Crippen molar-refractivity contribution in [2.75, 3.05) is 26.8 Å². The summed E-state index contributed by atoms with van der Waals surface area (Å²) in [5.74, 6) is 1.40. The molecule has 0 aliphatic heterocycles. The predicted molar refractivity (Wildman–Crippen MR) is 56.2 cm³/mol. The maximum absolute atomic E-state index is 11.7. The van der Waals surface area contributed by atoms with E-state index in [-0.39, 0.29) is 6.61 Å². The van der Waals surface area contributed by atoms with Gasteiger partial charge in [-0.1, -0.05) is 0 Å². The Kier molecular flexibility index (Phi) is 5.55. The number of halogens is 3. The van der Waals surface area contributed by atoms with Crippen LogP contribution in [-0.2, 0) is 4.74 Å². The summed E-state index contributed by atoms with van der Waals surface area (Å²) in [6.45, 7) is 0.133. The second kappa shape index (κ2) is 6.45. The van der Waals surface area contributed by atoms with E-state index in [9.17, 15) is 13.2 Å². The van der Waals surface area contributed by atoms with Crippen molar-refractivity contribution in [3.63, 3.8) is 0 Å². The van der Waals surface area contributed by atoms with Crippen molar-refractivity contribution in [3.05, 3.63) is 0 Å². The molecule has 2 unspecified atom stereocenters. The smallest absolute Gasteiger partial charge is 0.372 e. The molecule has 16 heavy (non-hydrogen) atoms. The summed E-state index contributed by atoms with van der Waals surface area (Å²) in [6.07, 6.45) is -0.00314. The van der Waals surface area contributed by atoms with E-state index in [0.29, 0.717) is 11.8 Å². The minimum Gasteiger partial charge on any atom is -0.372 e. The largest absolute Gasteiger partial charge is 0.411 e. The molecule has 0 aromatic heterocycles. The van der Waals surface area contributed by atoms with Crippen molar-refractivity contribution >= 4 is 0 Å². The zero-order valence-electron chi connectivity index (χ0n) is 9.65. The molecule has 2 nitrogen and oxygen atoms in total. The normalized spacial score (nSPS) is 25.5. The Balaban J connectivity index is 1.95. The molecule has 96 valence electrons. The van der Waals surface area contributed by atoms with Gasteiger partial charge in [0.05, 0.1) is 0 Å². The van der Waals surface area contributed by atoms with Gasteiger partial charge in [-0.05, 0) is 51.1 Å². The Labute approximate surface area is 94.5 Å². The zero-order valence-corrected chi connectivity index (χ0v) is 9.65. The molecule has 1 N–H and O–H groups in total. The molecular weight excluding hydrogens is 219 g/mol. The molecular formula is C11H20F3NO. The van der Waals surface area contributed by atoms with Gasteiger partial charge in [0.15, 0.2) is 0 Å². The molecule has 5 heteroatoms. The molecule has 0 amide bonds. The van der Waals surface area contributed by atoms with Gasteiger partial charge >= 0.3 is 6.18 Å². The third-order valence-corrected chi connectivity index (χ3v) is 3.17. The van der Waals surface area contributed by atoms with Crippen LogP contribution in [0.3, 0.4) is 0 Å². The fraction of sp³-hybridized carbons (Fsp3) is 1.00. The molecule has 0 aromatic rings. The van der Waals surface area contributed by atoms with Crippen molar-refractivity contribution < 1.29 is 17.9 Å². The molecule has 0 spiro atoms. The van der Waals surface area contributed by atoms with Crippen LogP contribution in [0.2, 0.25) is 0 Å². The Morgan fingerprint density at radius 2 is 1.94 bits per heavy atom. The predicted octanol–water partition coefficient (Wildman–Crippen LogP) is 2.59. The summed E-state index contributed by atoms with van der Waals surface area (Å²) >= 11 is 0. The number of alkyl halides is 3. The van der Waals surface area contributed by atoms with Gasteiger partial charge in [-0.15, -0.1) is 0 Å². The zero-order chi connectivity index (χ0) is 12.0. The number of hydrogen-bond donors (Lipinski definition) is 1. The van der Waals surface area contributed by atoms with Gasteiger partial charge in [-0.25, -0.2) is 0 Å². The van der Waals surface area contributed by atoms with Crippen LogP contribution in [0.15, 0.2) is 0 Å². The van der Waals surface area contributed by atoms with Crippen molar-refractivity contribution in [2.24, 2.45) is 11.8 Å². The van der Waals surface area contributed by atoms with Crippen LogP contribution in [0.25, 0.3) is 0 Å². The molecule has 0 heterocycles. The van der Waals surface area contributed by atoms with Crippen LogP contribution < -0.4 is 5.32 Å². The Morgan fingerprint density at radius 3 is 2.44 bits per heavy atom. The second-order valence-electron chi connectivity index (χ2n) is 4.47. The summed E-state index contributed by atoms with van der Waals surface area (Å²) in [6, 6.07) is 0. The van der Waals surface area contributed by atoms with E-state index in [1.807, 2.05) is 7.05 Å². The lowest BCUT2D eigenvalue weighted by Gasteiger charge is -2.36. The average molecular weight is 239 g/mol. The fourth-order valence-corrected chi connectivity index (χ4v) is 2.18. The molecule has 0 aromatic carbocycles. The van der Waals surface area contributed by atoms with E-state index in [0.717, 1.165) is 19.4 Å². The summed E-state index contributed by atoms with van der Waals surface area (Å²) < 4.78 is 39.8. The number of rotatable bonds is 7. The van der Waals surface area contributed by atoms with E-state index in [1.54, 1.807) is 0 Å². The third-order valence-electron chi connectivity index (χ3n) is 3.17. The highest BCUT2D eigenvalue weighted by molar-refractivity contribution is 4.81. The van der Waals surface area contributed by atoms with Gasteiger partial charge < -0.3 is 10.1 Å². The van der Waals surface area contributed by atoms with Crippen LogP contribution in [0, 0.1) is 11.8 Å². The van der Waals surface area contributed by atoms with E-state index < -0.39 is 12.8 Å². The highest BCUT2D eigenvalue weighted by Gasteiger charge is 2.30. The molecule has 1 aliphatic rings. The lowest BCUT2D eigenvalue weighted by Crippen LogP contribution is -2.34. The molecule has 0 bridgehead atoms. The second-order valence-corrected chi connectivity index (χ2v) is 4.47. The lowest BCUT2D eigenvalue weighted by atomic mass is 9.71. The topological polar surface area (TPSA) is 21.3 Å². The summed E-state index contributed by atoms with van der Waals surface area (Å²) in [4.78, 5) is 0. The van der Waals surface area contributed by atoms with E-state index in [1.165, 1.54) is 12.8 Å². The quantitative estimate of drug-likeness (QED) is 0.689. The Hall–Kier alpha value is -0.290. The van der Waals surface area contributed by atoms with Gasteiger partial charge in [0.2, 0.25) is 0 Å². The number of ether oxygens (including phenoxy) is 1. The lowest BCUT2D eigenvalue weighted by molar-refractivity contribution is -0.174. The monoisotopic (exact) mass is 239 g/mol. The Morgan fingerprint density at radius 1 is 1.25 bits per heavy atom. The fourth-order valence-electron chi connectivity index (χ4n) is 2.18. The van der Waals surface area contributed by atoms with Crippen LogP contribution in [0.5, 0.6) is 0 Å². The highest BCUT2D eigenvalue weighted by Crippen LogP contribution is 2.36. The van der Waals surface area contributed by atoms with Gasteiger partial charge in [0.25, 0.3) is 0 Å². The molecule has 1 aliphatic carbocycles. The first-order valence-corrected chi connectivity index (χ1v) is 5.82. The first-order valence-electron chi connectivity index (χ1n) is 5.82. The van der Waals surface area contributed by atoms with E-state index in [2.05, 4.69) is 10.1 Å². The van der Waals surface area contributed by atoms with E-state index in [4.69, 9.17) is 0 Å². The maximum Gasteiger partial charge on any atom is 0.411 e. The van der Waals surface area contributed by atoms with Gasteiger partial charge in [-0.2, -0.15) is 13.2 Å². The molecule has 1 rings (SSSR count). The number of hydrogen-bond acceptors (Lipinski definition) is 2. The standard InChI is InChI=1S/C11H20F3NO/c1-15-7-10-5-4-9(10)3-2-6-16-8-11(12,13)14/h9-10,15H,2-8H2,1H3. The minimum absolute atomic E-state index is 0.224. The summed E-state index contributed by atoms with van der Waals surface area (Å²) in [7, 11) is 1.93. The highest BCUT2D eigenvalue weighted by atomic mass is 19.4. The van der Waals surface area contributed by atoms with Crippen molar-refractivity contribution in [1.82, 2.24) is 5.32 Å². The van der Waals surface area contributed by atoms with E-state index >= 15 is 0 Å². The first kappa shape index (κ1) is 13.8. The summed E-state index contributed by atoms with van der Waals surface area (Å²) in [5, 5.41) is 3.14. The van der Waals surface area contributed by atoms with Crippen molar-refractivity contribution in [2.45, 2.75) is 31.9 Å². The molecule has 1 fully saturated rings. The molecule has 0 radical (unpaired) electrons. The van der Waals surface area contributed by atoms with Crippen molar-refractivity contribution in [3.8, 4) is 0 Å². The van der Waals surface area contributed by atoms with Crippen molar-refractivity contribution in [1.29, 1.82) is 0 Å². The van der Waals surface area contributed by atoms with Gasteiger partial charge in [0.1, 0.15) is 6.61 Å². The Bertz CT molecular complexity index is 196. The van der Waals surface area contributed by atoms with Crippen LogP contribution in [0.4, 0.5) is 13.2 Å². The number of nitrogens with one attached hydrogen (secondary N) is 1. The first-order chi connectivity index (χ1) is 7.53.